The maximum Gasteiger partial charge on any atom is 0.246 e. The Bertz CT molecular complexity index is 1310. The minimum absolute atomic E-state index is 0.00918. The Morgan fingerprint density at radius 1 is 1.14 bits per heavy atom. The summed E-state index contributed by atoms with van der Waals surface area (Å²) in [5.41, 5.74) is 2.35. The molecule has 3 aromatic rings. The Balaban J connectivity index is 1.42. The lowest BCUT2D eigenvalue weighted by atomic mass is 10.0. The third-order valence-electron chi connectivity index (χ3n) is 6.06. The first-order chi connectivity index (χ1) is 16.7. The van der Waals surface area contributed by atoms with Crippen molar-refractivity contribution in [3.05, 3.63) is 80.9 Å². The highest BCUT2D eigenvalue weighted by Gasteiger charge is 2.30. The zero-order valence-corrected chi connectivity index (χ0v) is 22.0. The molecular formula is C26H24BrCl2N3O3. The summed E-state index contributed by atoms with van der Waals surface area (Å²) >= 11 is 15.7. The van der Waals surface area contributed by atoms with E-state index in [1.165, 1.54) is 6.08 Å². The molecule has 0 bridgehead atoms. The van der Waals surface area contributed by atoms with Crippen LogP contribution < -0.4 is 5.32 Å². The van der Waals surface area contributed by atoms with E-state index in [1.54, 1.807) is 27.8 Å². The van der Waals surface area contributed by atoms with Gasteiger partial charge >= 0.3 is 0 Å². The van der Waals surface area contributed by atoms with E-state index >= 15 is 0 Å². The number of rotatable bonds is 9. The topological polar surface area (TPSA) is 71.4 Å². The number of likely N-dealkylation sites (tertiary alicyclic amines) is 1. The maximum absolute atomic E-state index is 13.1. The summed E-state index contributed by atoms with van der Waals surface area (Å²) in [6, 6.07) is 11.0. The lowest BCUT2D eigenvalue weighted by molar-refractivity contribution is -0.133. The number of amides is 2. The first-order valence-corrected chi connectivity index (χ1v) is 12.8. The van der Waals surface area contributed by atoms with Crippen molar-refractivity contribution in [2.45, 2.75) is 31.8 Å². The van der Waals surface area contributed by atoms with Gasteiger partial charge in [0.2, 0.25) is 11.8 Å². The molecule has 6 nitrogen and oxygen atoms in total. The van der Waals surface area contributed by atoms with Crippen molar-refractivity contribution in [1.29, 1.82) is 0 Å². The number of Topliss-reactive ketones (excluding diaryl/α,β-unsaturated/α-hetero) is 1. The minimum atomic E-state index is -0.170. The smallest absolute Gasteiger partial charge is 0.246 e. The molecule has 182 valence electrons. The van der Waals surface area contributed by atoms with Gasteiger partial charge in [-0.05, 0) is 54.8 Å². The van der Waals surface area contributed by atoms with E-state index in [2.05, 4.69) is 27.8 Å². The number of nitrogens with one attached hydrogen (secondary N) is 1. The van der Waals surface area contributed by atoms with Gasteiger partial charge in [-0.1, -0.05) is 51.8 Å². The summed E-state index contributed by atoms with van der Waals surface area (Å²) in [6.07, 6.45) is 4.68. The second-order valence-electron chi connectivity index (χ2n) is 8.56. The molecule has 35 heavy (non-hydrogen) atoms. The van der Waals surface area contributed by atoms with Gasteiger partial charge in [0.15, 0.2) is 5.78 Å². The average Bonchev–Trinajstić information content (AvgIpc) is 3.14. The van der Waals surface area contributed by atoms with Crippen molar-refractivity contribution in [3.8, 4) is 0 Å². The highest BCUT2D eigenvalue weighted by Crippen LogP contribution is 2.28. The summed E-state index contributed by atoms with van der Waals surface area (Å²) in [5, 5.41) is 4.92. The van der Waals surface area contributed by atoms with E-state index in [-0.39, 0.29) is 30.2 Å². The van der Waals surface area contributed by atoms with Gasteiger partial charge in [-0.3, -0.25) is 14.4 Å². The molecule has 0 unspecified atom stereocenters. The zero-order chi connectivity index (χ0) is 25.1. The quantitative estimate of drug-likeness (QED) is 0.273. The van der Waals surface area contributed by atoms with E-state index in [0.29, 0.717) is 48.0 Å². The highest BCUT2D eigenvalue weighted by atomic mass is 79.9. The molecule has 1 fully saturated rings. The molecule has 0 radical (unpaired) electrons. The molecule has 0 atom stereocenters. The molecule has 9 heteroatoms. The zero-order valence-electron chi connectivity index (χ0n) is 18.9. The van der Waals surface area contributed by atoms with Gasteiger partial charge < -0.3 is 14.8 Å². The molecule has 1 aliphatic heterocycles. The van der Waals surface area contributed by atoms with E-state index in [0.717, 1.165) is 20.9 Å². The summed E-state index contributed by atoms with van der Waals surface area (Å²) in [5.74, 6) is -0.300. The summed E-state index contributed by atoms with van der Waals surface area (Å²) in [6.45, 7) is 4.49. The highest BCUT2D eigenvalue weighted by molar-refractivity contribution is 9.10. The fourth-order valence-electron chi connectivity index (χ4n) is 4.23. The van der Waals surface area contributed by atoms with Crippen LogP contribution in [-0.4, -0.2) is 46.2 Å². The second-order valence-corrected chi connectivity index (χ2v) is 10.3. The summed E-state index contributed by atoms with van der Waals surface area (Å²) in [4.78, 5) is 39.0. The van der Waals surface area contributed by atoms with Crippen molar-refractivity contribution in [1.82, 2.24) is 14.8 Å². The van der Waals surface area contributed by atoms with Crippen molar-refractivity contribution < 1.29 is 14.4 Å². The first kappa shape index (κ1) is 25.5. The van der Waals surface area contributed by atoms with Crippen molar-refractivity contribution >= 4 is 67.6 Å². The van der Waals surface area contributed by atoms with E-state index in [9.17, 15) is 14.4 Å². The molecule has 0 spiro atoms. The molecule has 1 saturated heterocycles. The fourth-order valence-corrected chi connectivity index (χ4v) is 5.09. The molecule has 0 saturated carbocycles. The van der Waals surface area contributed by atoms with Crippen LogP contribution in [0, 0.1) is 0 Å². The fraction of sp³-hybridized carbons (Fsp3) is 0.269. The van der Waals surface area contributed by atoms with Crippen LogP contribution in [0.4, 0.5) is 0 Å². The molecule has 1 N–H and O–H groups in total. The van der Waals surface area contributed by atoms with Gasteiger partial charge in [0.05, 0.1) is 6.04 Å². The van der Waals surface area contributed by atoms with Crippen LogP contribution in [0.5, 0.6) is 0 Å². The van der Waals surface area contributed by atoms with Crippen molar-refractivity contribution in [2.24, 2.45) is 0 Å². The Hall–Kier alpha value is -2.61. The molecule has 2 amide bonds. The van der Waals surface area contributed by atoms with Crippen LogP contribution in [0.1, 0.15) is 28.8 Å². The van der Waals surface area contributed by atoms with Crippen LogP contribution in [0.15, 0.2) is 59.7 Å². The number of fused-ring (bicyclic) bond motifs is 1. The Kier molecular flexibility index (Phi) is 7.99. The summed E-state index contributed by atoms with van der Waals surface area (Å²) < 4.78 is 2.65. The van der Waals surface area contributed by atoms with E-state index in [4.69, 9.17) is 23.2 Å². The predicted molar refractivity (Wildman–Crippen MR) is 142 cm³/mol. The number of halogens is 3. The SMILES string of the molecule is C=CC(=O)N1CC(NC(=O)Cn2cc(C(=O)CCCc3ccc(Cl)cc3Cl)c3cc(Br)ccc32)C1. The second kappa shape index (κ2) is 11.0. The monoisotopic (exact) mass is 575 g/mol. The Morgan fingerprint density at radius 2 is 1.91 bits per heavy atom. The van der Waals surface area contributed by atoms with Crippen LogP contribution in [0.3, 0.4) is 0 Å². The van der Waals surface area contributed by atoms with E-state index < -0.39 is 0 Å². The number of aryl methyl sites for hydroxylation is 1. The Morgan fingerprint density at radius 3 is 2.63 bits per heavy atom. The van der Waals surface area contributed by atoms with Gasteiger partial charge in [0.25, 0.3) is 0 Å². The number of ketones is 1. The van der Waals surface area contributed by atoms with Crippen LogP contribution in [0.25, 0.3) is 10.9 Å². The number of aromatic nitrogens is 1. The van der Waals surface area contributed by atoms with Gasteiger partial charge in [-0.2, -0.15) is 0 Å². The van der Waals surface area contributed by atoms with Gasteiger partial charge in [0, 0.05) is 56.7 Å². The number of carbonyl (C=O) groups is 3. The van der Waals surface area contributed by atoms with Crippen LogP contribution >= 0.6 is 39.1 Å². The molecule has 1 aromatic heterocycles. The van der Waals surface area contributed by atoms with Gasteiger partial charge in [0.1, 0.15) is 6.54 Å². The third-order valence-corrected chi connectivity index (χ3v) is 7.14. The van der Waals surface area contributed by atoms with Crippen molar-refractivity contribution in [2.75, 3.05) is 13.1 Å². The molecular weight excluding hydrogens is 553 g/mol. The first-order valence-electron chi connectivity index (χ1n) is 11.2. The number of carbonyl (C=O) groups excluding carboxylic acids is 3. The largest absolute Gasteiger partial charge is 0.348 e. The molecule has 1 aliphatic rings. The molecule has 4 rings (SSSR count). The summed E-state index contributed by atoms with van der Waals surface area (Å²) in [7, 11) is 0. The molecule has 2 heterocycles. The number of nitrogens with zero attached hydrogens (tertiary/aromatic N) is 2. The standard InChI is InChI=1S/C26H24BrCl2N3O3/c1-2-26(35)32-12-19(13-32)30-25(34)15-31-14-21(20-10-17(27)7-9-23(20)31)24(33)5-3-4-16-6-8-18(28)11-22(16)29/h2,6-11,14,19H,1,3-5,12-13,15H2,(H,30,34). The number of hydrogen-bond donors (Lipinski definition) is 1. The maximum atomic E-state index is 13.1. The lowest BCUT2D eigenvalue weighted by Gasteiger charge is -2.38. The van der Waals surface area contributed by atoms with Crippen LogP contribution in [0.2, 0.25) is 10.0 Å². The normalized spacial score (nSPS) is 13.5. The number of benzene rings is 2. The molecule has 2 aromatic carbocycles. The van der Waals surface area contributed by atoms with Crippen molar-refractivity contribution in [3.63, 3.8) is 0 Å². The number of hydrogen-bond acceptors (Lipinski definition) is 3. The van der Waals surface area contributed by atoms with Crippen LogP contribution in [-0.2, 0) is 22.6 Å². The van der Waals surface area contributed by atoms with E-state index in [1.807, 2.05) is 24.3 Å². The minimum Gasteiger partial charge on any atom is -0.348 e. The Labute approximate surface area is 222 Å². The van der Waals surface area contributed by atoms with Gasteiger partial charge in [-0.15, -0.1) is 0 Å². The molecule has 0 aliphatic carbocycles. The third kappa shape index (κ3) is 5.97. The lowest BCUT2D eigenvalue weighted by Crippen LogP contribution is -2.61. The van der Waals surface area contributed by atoms with Gasteiger partial charge in [-0.25, -0.2) is 0 Å². The average molecular weight is 577 g/mol. The predicted octanol–water partition coefficient (Wildman–Crippen LogP) is 5.43.